The van der Waals surface area contributed by atoms with Crippen molar-refractivity contribution >= 4 is 97.2 Å². The van der Waals surface area contributed by atoms with Crippen molar-refractivity contribution in [3.63, 3.8) is 0 Å². The SMILES string of the molecule is Cc1ccc(O)c(C=Nc2nc(-c3ccccc3)c(-c3ccccc3)nc2N=Cc2cc(C)ccc2O)c1.Oc1ccccc1C=NCCCCCCN=Cc1ccccc1O.Oc1ccccc1C=NCCCCCN=Cc1ccccc1O.[Pt+2].[Pt].[Pt].[Pt].[S-]c1ccccc1C(=Nc1nccnc1N=C(c1ccccc1)c1ccccc1[S-])c1ccccc1. The van der Waals surface area contributed by atoms with Gasteiger partial charge in [0.25, 0.3) is 0 Å². The summed E-state index contributed by atoms with van der Waals surface area (Å²) in [6, 6.07) is 94.3. The van der Waals surface area contributed by atoms with Crippen LogP contribution < -0.4 is 0 Å². The topological polar surface area (TPSA) is 272 Å². The largest absolute Gasteiger partial charge is 2.00 e. The van der Waals surface area contributed by atoms with Gasteiger partial charge in [0.1, 0.15) is 34.5 Å². The summed E-state index contributed by atoms with van der Waals surface area (Å²) in [5, 5.41) is 59.1. The third-order valence-corrected chi connectivity index (χ3v) is 19.2. The number of unbranched alkanes of at least 4 members (excludes halogenated alkanes) is 5. The summed E-state index contributed by atoms with van der Waals surface area (Å²) >= 11 is 11.3. The summed E-state index contributed by atoms with van der Waals surface area (Å²) in [7, 11) is 0. The number of phenols is 6. The second kappa shape index (κ2) is 54.7. The number of phenolic OH excluding ortho intramolecular Hbond substituents is 6. The van der Waals surface area contributed by atoms with Crippen LogP contribution in [0.2, 0.25) is 0 Å². The summed E-state index contributed by atoms with van der Waals surface area (Å²) in [5.41, 5.74) is 14.2. The molecule has 125 heavy (non-hydrogen) atoms. The van der Waals surface area contributed by atoms with Crippen LogP contribution in [-0.4, -0.2) is 125 Å². The number of aromatic hydroxyl groups is 6. The van der Waals surface area contributed by atoms with Gasteiger partial charge in [-0.05, 0) is 130 Å². The van der Waals surface area contributed by atoms with Crippen molar-refractivity contribution in [2.24, 2.45) is 39.9 Å². The Morgan fingerprint density at radius 3 is 0.880 bits per heavy atom. The van der Waals surface area contributed by atoms with E-state index in [1.807, 2.05) is 257 Å². The van der Waals surface area contributed by atoms with Crippen molar-refractivity contribution in [2.75, 3.05) is 26.2 Å². The minimum Gasteiger partial charge on any atom is -0.779 e. The molecule has 2 heterocycles. The van der Waals surface area contributed by atoms with Crippen molar-refractivity contribution < 1.29 is 115 Å². The molecule has 14 rings (SSSR count). The monoisotopic (exact) mass is 2410 g/mol. The average Bonchev–Trinajstić information content (AvgIpc) is 0.790. The zero-order chi connectivity index (χ0) is 84.6. The number of benzene rings is 12. The number of hydrogen-bond acceptors (Lipinski definition) is 20. The number of nitrogens with zero attached hydrogens (tertiary/aromatic N) is 12. The van der Waals surface area contributed by atoms with Crippen molar-refractivity contribution in [1.29, 1.82) is 0 Å². The first-order valence-corrected chi connectivity index (χ1v) is 40.5. The van der Waals surface area contributed by atoms with Gasteiger partial charge in [0.15, 0.2) is 23.3 Å². The fourth-order valence-electron chi connectivity index (χ4n) is 12.2. The van der Waals surface area contributed by atoms with Crippen molar-refractivity contribution in [2.45, 2.75) is 68.6 Å². The molecule has 0 aliphatic heterocycles. The van der Waals surface area contributed by atoms with E-state index in [1.165, 1.54) is 0 Å². The van der Waals surface area contributed by atoms with Crippen LogP contribution in [-0.2, 0) is 110 Å². The molecule has 0 amide bonds. The summed E-state index contributed by atoms with van der Waals surface area (Å²) in [6.07, 6.45) is 20.6. The molecule has 0 aliphatic carbocycles. The molecule has 0 radical (unpaired) electrons. The van der Waals surface area contributed by atoms with Gasteiger partial charge >= 0.3 is 21.1 Å². The van der Waals surface area contributed by atoms with E-state index < -0.39 is 0 Å². The molecule has 14 aromatic rings. The molecule has 18 nitrogen and oxygen atoms in total. The Bertz CT molecular complexity index is 5600. The van der Waals surface area contributed by atoms with E-state index in [0.29, 0.717) is 55.4 Å². The van der Waals surface area contributed by atoms with E-state index in [1.54, 1.807) is 110 Å². The first-order chi connectivity index (χ1) is 59.2. The minimum absolute atomic E-state index is 0. The van der Waals surface area contributed by atoms with Crippen LogP contribution >= 0.6 is 0 Å². The Kier molecular flexibility index (Phi) is 43.9. The van der Waals surface area contributed by atoms with E-state index in [-0.39, 0.29) is 130 Å². The van der Waals surface area contributed by atoms with Gasteiger partial charge < -0.3 is 55.9 Å². The van der Waals surface area contributed by atoms with Gasteiger partial charge in [-0.1, -0.05) is 254 Å². The number of para-hydroxylation sites is 4. The fourth-order valence-corrected chi connectivity index (χ4v) is 12.6. The molecule has 24 heteroatoms. The Morgan fingerprint density at radius 1 is 0.296 bits per heavy atom. The third-order valence-electron chi connectivity index (χ3n) is 18.5. The Labute approximate surface area is 799 Å². The molecule has 644 valence electrons. The number of rotatable bonds is 29. The summed E-state index contributed by atoms with van der Waals surface area (Å²) in [6.45, 7) is 6.94. The smallest absolute Gasteiger partial charge is 0.779 e. The first kappa shape index (κ1) is 100. The Hall–Kier alpha value is -11.8. The number of aliphatic imine (C=N–C) groups is 8. The standard InChI is InChI=1S/C32H26N4O2.C30H22N4S2.C20H24N2O2.C19H22N2O2.4Pt/c1-21-13-15-27(37)25(17-21)19-33-31-32(34-20-26-18-22(2)14-16-28(26)38)36-30(24-11-7-4-8-12-24)29(35-31)23-9-5-3-6-10-23;35-25-17-9-7-15-23(25)27(21-11-3-1-4-12-21)33-29-30(32-20-19-31-29)34-28(22-13-5-2-6-14-22)24-16-8-10-18-26(24)36;23-19-11-5-3-9-17(19)15-21-13-7-1-2-8-14-22-16-18-10-4-6-12-20(18)24;22-18-10-4-2-8-16(18)14-20-12-6-1-7-13-21-15-17-9-3-5-11-19(17)23;;;;/h3-20,37-38H,1-2H3;1-20,35-36H;3-6,9-12,15-16,23-24H,1-2,7-8,13-14H2;2-5,8-11,14-15,22-23H,1,6-7,12-13H2;;;;/q;;;;;;;+2/p-2. The molecule has 12 aromatic carbocycles. The Balaban J connectivity index is 0.000000232. The van der Waals surface area contributed by atoms with Crippen LogP contribution in [0.25, 0.3) is 22.5 Å². The first-order valence-electron chi connectivity index (χ1n) is 39.7. The van der Waals surface area contributed by atoms with Gasteiger partial charge in [-0.3, -0.25) is 20.0 Å². The zero-order valence-corrected chi connectivity index (χ0v) is 79.1. The van der Waals surface area contributed by atoms with E-state index in [2.05, 4.69) is 39.9 Å². The molecule has 0 atom stereocenters. The van der Waals surface area contributed by atoms with Crippen molar-refractivity contribution in [3.8, 4) is 57.0 Å². The molecule has 0 saturated heterocycles. The van der Waals surface area contributed by atoms with Crippen LogP contribution in [0.4, 0.5) is 23.3 Å². The van der Waals surface area contributed by atoms with E-state index in [4.69, 9.17) is 45.2 Å². The van der Waals surface area contributed by atoms with Crippen molar-refractivity contribution in [1.82, 2.24) is 19.9 Å². The van der Waals surface area contributed by atoms with Gasteiger partial charge in [-0.25, -0.2) is 39.9 Å². The van der Waals surface area contributed by atoms with E-state index in [9.17, 15) is 30.6 Å². The van der Waals surface area contributed by atoms with Gasteiger partial charge in [0.2, 0.25) is 0 Å². The van der Waals surface area contributed by atoms with E-state index in [0.717, 1.165) is 138 Å². The van der Waals surface area contributed by atoms with Gasteiger partial charge in [0.05, 0.1) is 22.8 Å². The second-order valence-corrected chi connectivity index (χ2v) is 28.5. The second-order valence-electron chi connectivity index (χ2n) is 27.6. The molecule has 0 spiro atoms. The van der Waals surface area contributed by atoms with Gasteiger partial charge in [-0.2, -0.15) is 9.79 Å². The molecule has 0 fully saturated rings. The molecular formula is C101H92N12O6Pt4S2. The normalized spacial score (nSPS) is 11.2. The maximum atomic E-state index is 10.3. The maximum Gasteiger partial charge on any atom is 2.00 e. The average molecular weight is 2410 g/mol. The van der Waals surface area contributed by atoms with Crippen LogP contribution in [0, 0.1) is 13.8 Å². The van der Waals surface area contributed by atoms with Gasteiger partial charge in [-0.15, -0.1) is 0 Å². The number of aryl methyl sites for hydroxylation is 2. The predicted molar refractivity (Wildman–Crippen MR) is 497 cm³/mol. The molecular weight excluding hydrogens is 2320 g/mol. The van der Waals surface area contributed by atoms with Gasteiger partial charge in [0, 0.05) is 195 Å². The quantitative estimate of drug-likeness (QED) is 0.0145. The fraction of sp³-hybridized carbons (Fsp3) is 0.129. The zero-order valence-electron chi connectivity index (χ0n) is 68.4. The molecule has 2 aromatic heterocycles. The maximum absolute atomic E-state index is 10.3. The van der Waals surface area contributed by atoms with Crippen LogP contribution in [0.15, 0.2) is 365 Å². The number of aromatic nitrogens is 4. The third kappa shape index (κ3) is 32.0. The molecule has 0 aliphatic rings. The summed E-state index contributed by atoms with van der Waals surface area (Å²) in [5.74, 6) is 2.64. The number of hydrogen-bond donors (Lipinski definition) is 6. The van der Waals surface area contributed by atoms with Crippen molar-refractivity contribution in [3.05, 3.63) is 382 Å². The molecule has 0 saturated carbocycles. The molecule has 6 N–H and O–H groups in total. The molecule has 0 bridgehead atoms. The van der Waals surface area contributed by atoms with E-state index >= 15 is 0 Å². The predicted octanol–water partition coefficient (Wildman–Crippen LogP) is 22.0. The Morgan fingerprint density at radius 2 is 0.568 bits per heavy atom. The summed E-state index contributed by atoms with van der Waals surface area (Å²) in [4.78, 5) is 56.8. The summed E-state index contributed by atoms with van der Waals surface area (Å²) < 4.78 is 0. The van der Waals surface area contributed by atoms with Crippen LogP contribution in [0.1, 0.15) is 112 Å². The minimum atomic E-state index is 0. The van der Waals surface area contributed by atoms with Crippen LogP contribution in [0.5, 0.6) is 34.5 Å². The van der Waals surface area contributed by atoms with Crippen LogP contribution in [0.3, 0.4) is 0 Å². The molecule has 0 unspecified atom stereocenters.